The fraction of sp³-hybridized carbons (Fsp3) is 0.400. The zero-order valence-corrected chi connectivity index (χ0v) is 15.7. The third kappa shape index (κ3) is 4.12. The number of nitrogens with one attached hydrogen (secondary N) is 2. The topological polar surface area (TPSA) is 110 Å². The van der Waals surface area contributed by atoms with E-state index in [1.54, 1.807) is 6.07 Å². The van der Waals surface area contributed by atoms with Gasteiger partial charge in [-0.05, 0) is 42.8 Å². The number of carbonyl (C=O) groups excluding carboxylic acids is 1. The lowest BCUT2D eigenvalue weighted by Crippen LogP contribution is -2.31. The van der Waals surface area contributed by atoms with Crippen LogP contribution >= 0.6 is 0 Å². The lowest BCUT2D eigenvalue weighted by molar-refractivity contribution is -0.121. The van der Waals surface area contributed by atoms with Crippen LogP contribution in [0.25, 0.3) is 22.3 Å². The van der Waals surface area contributed by atoms with Gasteiger partial charge in [0.2, 0.25) is 17.6 Å². The number of aryl methyl sites for hydroxylation is 2. The summed E-state index contributed by atoms with van der Waals surface area (Å²) in [6.45, 7) is 3.26. The first-order valence-corrected chi connectivity index (χ1v) is 9.43. The van der Waals surface area contributed by atoms with Crippen molar-refractivity contribution >= 4 is 16.8 Å². The molecule has 8 nitrogen and oxygen atoms in total. The van der Waals surface area contributed by atoms with E-state index in [0.717, 1.165) is 35.9 Å². The summed E-state index contributed by atoms with van der Waals surface area (Å²) in [7, 11) is 0. The van der Waals surface area contributed by atoms with E-state index < -0.39 is 0 Å². The Bertz CT molecular complexity index is 1050. The number of rotatable bonds is 6. The van der Waals surface area contributed by atoms with Gasteiger partial charge in [0, 0.05) is 31.5 Å². The van der Waals surface area contributed by atoms with Crippen molar-refractivity contribution in [2.45, 2.75) is 38.7 Å². The summed E-state index contributed by atoms with van der Waals surface area (Å²) >= 11 is 0. The standard InChI is InChI=1S/C20H22N4O4/c1-12-4-5-13-10-15(20(26)22-16(13)9-12)19-23-18(28-24-19)7-6-17(25)21-11-14-3-2-8-27-14/h4-5,9-10,14H,2-3,6-8,11H2,1H3,(H,21,25)(H,22,26). The number of carbonyl (C=O) groups is 1. The first-order valence-electron chi connectivity index (χ1n) is 9.43. The van der Waals surface area contributed by atoms with Crippen molar-refractivity contribution in [1.82, 2.24) is 20.4 Å². The van der Waals surface area contributed by atoms with E-state index in [1.807, 2.05) is 25.1 Å². The lowest BCUT2D eigenvalue weighted by Gasteiger charge is -2.09. The highest BCUT2D eigenvalue weighted by Gasteiger charge is 2.17. The fourth-order valence-corrected chi connectivity index (χ4v) is 3.29. The number of ether oxygens (including phenoxy) is 1. The molecule has 0 bridgehead atoms. The number of H-pyrrole nitrogens is 1. The highest BCUT2D eigenvalue weighted by atomic mass is 16.5. The van der Waals surface area contributed by atoms with Crippen molar-refractivity contribution in [3.8, 4) is 11.4 Å². The molecule has 2 N–H and O–H groups in total. The van der Waals surface area contributed by atoms with Crippen molar-refractivity contribution in [2.24, 2.45) is 0 Å². The molecule has 1 atom stereocenters. The number of amides is 1. The normalized spacial score (nSPS) is 16.5. The lowest BCUT2D eigenvalue weighted by atomic mass is 10.1. The molecule has 1 aliphatic heterocycles. The predicted molar refractivity (Wildman–Crippen MR) is 103 cm³/mol. The zero-order chi connectivity index (χ0) is 19.5. The average Bonchev–Trinajstić information content (AvgIpc) is 3.36. The Labute approximate surface area is 161 Å². The maximum Gasteiger partial charge on any atom is 0.259 e. The molecule has 0 radical (unpaired) electrons. The summed E-state index contributed by atoms with van der Waals surface area (Å²) < 4.78 is 10.7. The van der Waals surface area contributed by atoms with Crippen molar-refractivity contribution < 1.29 is 14.1 Å². The minimum Gasteiger partial charge on any atom is -0.376 e. The molecule has 0 spiro atoms. The molecule has 0 saturated carbocycles. The molecule has 1 amide bonds. The van der Waals surface area contributed by atoms with Gasteiger partial charge in [-0.1, -0.05) is 17.3 Å². The largest absolute Gasteiger partial charge is 0.376 e. The van der Waals surface area contributed by atoms with E-state index in [2.05, 4.69) is 20.4 Å². The second kappa shape index (κ2) is 7.93. The molecule has 3 aromatic rings. The van der Waals surface area contributed by atoms with E-state index in [4.69, 9.17) is 9.26 Å². The molecule has 1 fully saturated rings. The number of aromatic amines is 1. The molecular weight excluding hydrogens is 360 g/mol. The van der Waals surface area contributed by atoms with Crippen LogP contribution in [0, 0.1) is 6.92 Å². The number of hydrogen-bond acceptors (Lipinski definition) is 6. The highest BCUT2D eigenvalue weighted by molar-refractivity contribution is 5.82. The molecule has 2 aromatic heterocycles. The Hall–Kier alpha value is -3.00. The van der Waals surface area contributed by atoms with E-state index in [0.29, 0.717) is 24.4 Å². The van der Waals surface area contributed by atoms with Gasteiger partial charge in [-0.3, -0.25) is 9.59 Å². The Balaban J connectivity index is 1.40. The molecule has 146 valence electrons. The van der Waals surface area contributed by atoms with Gasteiger partial charge in [-0.25, -0.2) is 0 Å². The first-order chi connectivity index (χ1) is 13.6. The van der Waals surface area contributed by atoms with Crippen LogP contribution in [0.15, 0.2) is 33.6 Å². The van der Waals surface area contributed by atoms with Crippen LogP contribution < -0.4 is 10.9 Å². The molecule has 8 heteroatoms. The number of benzene rings is 1. The quantitative estimate of drug-likeness (QED) is 0.676. The number of fused-ring (bicyclic) bond motifs is 1. The van der Waals surface area contributed by atoms with Crippen molar-refractivity contribution in [3.05, 3.63) is 46.1 Å². The van der Waals surface area contributed by atoms with Gasteiger partial charge in [0.1, 0.15) is 0 Å². The Morgan fingerprint density at radius 2 is 2.25 bits per heavy atom. The molecule has 4 rings (SSSR count). The zero-order valence-electron chi connectivity index (χ0n) is 15.7. The molecule has 0 aliphatic carbocycles. The molecular formula is C20H22N4O4. The van der Waals surface area contributed by atoms with Gasteiger partial charge >= 0.3 is 0 Å². The summed E-state index contributed by atoms with van der Waals surface area (Å²) in [6.07, 6.45) is 2.69. The molecule has 1 unspecified atom stereocenters. The van der Waals surface area contributed by atoms with Crippen LogP contribution in [0.2, 0.25) is 0 Å². The van der Waals surface area contributed by atoms with Gasteiger partial charge in [-0.2, -0.15) is 4.98 Å². The summed E-state index contributed by atoms with van der Waals surface area (Å²) in [5.74, 6) is 0.457. The molecule has 1 aromatic carbocycles. The van der Waals surface area contributed by atoms with Crippen LogP contribution in [0.5, 0.6) is 0 Å². The smallest absolute Gasteiger partial charge is 0.259 e. The number of pyridine rings is 1. The second-order valence-corrected chi connectivity index (χ2v) is 7.05. The summed E-state index contributed by atoms with van der Waals surface area (Å²) in [4.78, 5) is 31.5. The van der Waals surface area contributed by atoms with Crippen molar-refractivity contribution in [2.75, 3.05) is 13.2 Å². The van der Waals surface area contributed by atoms with E-state index in [1.165, 1.54) is 0 Å². The number of nitrogens with zero attached hydrogens (tertiary/aromatic N) is 2. The number of hydrogen-bond donors (Lipinski definition) is 2. The Morgan fingerprint density at radius 1 is 1.36 bits per heavy atom. The van der Waals surface area contributed by atoms with E-state index in [9.17, 15) is 9.59 Å². The van der Waals surface area contributed by atoms with Gasteiger partial charge in [0.15, 0.2) is 0 Å². The van der Waals surface area contributed by atoms with Gasteiger partial charge in [-0.15, -0.1) is 0 Å². The van der Waals surface area contributed by atoms with Crippen LogP contribution in [-0.4, -0.2) is 40.3 Å². The summed E-state index contributed by atoms with van der Waals surface area (Å²) in [5.41, 5.74) is 1.89. The molecule has 1 aliphatic rings. The molecule has 28 heavy (non-hydrogen) atoms. The third-order valence-electron chi connectivity index (χ3n) is 4.83. The maximum atomic E-state index is 12.4. The van der Waals surface area contributed by atoms with Crippen LogP contribution in [0.3, 0.4) is 0 Å². The van der Waals surface area contributed by atoms with E-state index >= 15 is 0 Å². The maximum absolute atomic E-state index is 12.4. The van der Waals surface area contributed by atoms with Crippen LogP contribution in [-0.2, 0) is 16.0 Å². The SMILES string of the molecule is Cc1ccc2cc(-c3noc(CCC(=O)NCC4CCCO4)n3)c(=O)[nH]c2c1. The summed E-state index contributed by atoms with van der Waals surface area (Å²) in [6, 6.07) is 7.57. The fourth-order valence-electron chi connectivity index (χ4n) is 3.29. The Morgan fingerprint density at radius 3 is 3.07 bits per heavy atom. The van der Waals surface area contributed by atoms with Crippen LogP contribution in [0.1, 0.15) is 30.7 Å². The molecule has 1 saturated heterocycles. The van der Waals surface area contributed by atoms with E-state index in [-0.39, 0.29) is 29.8 Å². The van der Waals surface area contributed by atoms with Gasteiger partial charge < -0.3 is 19.6 Å². The minimum atomic E-state index is -0.278. The predicted octanol–water partition coefficient (Wildman–Crippen LogP) is 2.11. The van der Waals surface area contributed by atoms with Crippen LogP contribution in [0.4, 0.5) is 0 Å². The first kappa shape index (κ1) is 18.4. The highest BCUT2D eigenvalue weighted by Crippen LogP contribution is 2.18. The molecule has 3 heterocycles. The second-order valence-electron chi connectivity index (χ2n) is 7.05. The van der Waals surface area contributed by atoms with Gasteiger partial charge in [0.05, 0.1) is 11.7 Å². The minimum absolute atomic E-state index is 0.0887. The monoisotopic (exact) mass is 382 g/mol. The van der Waals surface area contributed by atoms with Crippen molar-refractivity contribution in [3.63, 3.8) is 0 Å². The third-order valence-corrected chi connectivity index (χ3v) is 4.83. The summed E-state index contributed by atoms with van der Waals surface area (Å²) in [5, 5.41) is 7.65. The van der Waals surface area contributed by atoms with Gasteiger partial charge in [0.25, 0.3) is 5.56 Å². The number of aromatic nitrogens is 3. The van der Waals surface area contributed by atoms with Crippen molar-refractivity contribution in [1.29, 1.82) is 0 Å². The average molecular weight is 382 g/mol. The Kier molecular flexibility index (Phi) is 5.21.